The molecule has 0 fully saturated rings. The fourth-order valence-electron chi connectivity index (χ4n) is 2.15. The quantitative estimate of drug-likeness (QED) is 0.711. The van der Waals surface area contributed by atoms with Crippen molar-refractivity contribution in [3.8, 4) is 0 Å². The van der Waals surface area contributed by atoms with Gasteiger partial charge in [-0.2, -0.15) is 10.2 Å². The van der Waals surface area contributed by atoms with Crippen molar-refractivity contribution in [3.05, 3.63) is 48.2 Å². The Labute approximate surface area is 121 Å². The summed E-state index contributed by atoms with van der Waals surface area (Å²) in [5.41, 5.74) is 2.18. The largest absolute Gasteiger partial charge is 0.352 e. The Morgan fingerprint density at radius 2 is 2.24 bits per heavy atom. The highest BCUT2D eigenvalue weighted by Gasteiger charge is 2.12. The molecule has 0 bridgehead atoms. The van der Waals surface area contributed by atoms with Gasteiger partial charge in [0.2, 0.25) is 0 Å². The average Bonchev–Trinajstić information content (AvgIpc) is 3.10. The first-order valence-corrected chi connectivity index (χ1v) is 6.80. The van der Waals surface area contributed by atoms with Gasteiger partial charge in [-0.15, -0.1) is 0 Å². The van der Waals surface area contributed by atoms with Crippen molar-refractivity contribution in [1.29, 1.82) is 0 Å². The number of carbonyl (C=O) groups is 1. The Balaban J connectivity index is 1.56. The van der Waals surface area contributed by atoms with E-state index in [1.54, 1.807) is 29.2 Å². The molecule has 7 nitrogen and oxygen atoms in total. The number of amides is 1. The summed E-state index contributed by atoms with van der Waals surface area (Å²) in [6.07, 6.45) is 7.54. The van der Waals surface area contributed by atoms with Gasteiger partial charge in [0.05, 0.1) is 6.20 Å². The Bertz CT molecular complexity index is 760. The molecule has 0 spiro atoms. The van der Waals surface area contributed by atoms with Crippen LogP contribution >= 0.6 is 0 Å². The molecule has 21 heavy (non-hydrogen) atoms. The van der Waals surface area contributed by atoms with E-state index in [2.05, 4.69) is 20.5 Å². The average molecular weight is 284 g/mol. The summed E-state index contributed by atoms with van der Waals surface area (Å²) in [6.45, 7) is 3.38. The molecule has 3 rings (SSSR count). The lowest BCUT2D eigenvalue weighted by Gasteiger charge is -2.05. The molecule has 0 saturated carbocycles. The predicted octanol–water partition coefficient (Wildman–Crippen LogP) is 1.05. The van der Waals surface area contributed by atoms with E-state index in [9.17, 15) is 4.79 Å². The van der Waals surface area contributed by atoms with Crippen LogP contribution in [0.25, 0.3) is 5.65 Å². The van der Waals surface area contributed by atoms with E-state index in [0.717, 1.165) is 18.7 Å². The third-order valence-electron chi connectivity index (χ3n) is 3.29. The van der Waals surface area contributed by atoms with Crippen LogP contribution in [0.3, 0.4) is 0 Å². The van der Waals surface area contributed by atoms with Crippen molar-refractivity contribution in [1.82, 2.24) is 29.7 Å². The number of rotatable bonds is 5. The standard InChI is InChI=1S/C14H16N6O/c1-11-4-7-17-19(11)8-3-6-16-14(21)12-10-18-20-9-2-5-15-13(12)20/h2,4-5,7,9-10H,3,6,8H2,1H3,(H,16,21). The number of hydrogen-bond donors (Lipinski definition) is 1. The van der Waals surface area contributed by atoms with Gasteiger partial charge in [-0.3, -0.25) is 9.48 Å². The minimum atomic E-state index is -0.152. The molecule has 1 N–H and O–H groups in total. The van der Waals surface area contributed by atoms with Crippen LogP contribution in [0.5, 0.6) is 0 Å². The van der Waals surface area contributed by atoms with Crippen molar-refractivity contribution >= 4 is 11.6 Å². The van der Waals surface area contributed by atoms with Gasteiger partial charge in [0, 0.05) is 37.4 Å². The number of fused-ring (bicyclic) bond motifs is 1. The Hall–Kier alpha value is -2.70. The summed E-state index contributed by atoms with van der Waals surface area (Å²) in [6, 6.07) is 3.73. The van der Waals surface area contributed by atoms with Crippen molar-refractivity contribution in [2.45, 2.75) is 19.9 Å². The fourth-order valence-corrected chi connectivity index (χ4v) is 2.15. The van der Waals surface area contributed by atoms with Crippen LogP contribution in [-0.2, 0) is 6.54 Å². The van der Waals surface area contributed by atoms with Gasteiger partial charge in [-0.1, -0.05) is 0 Å². The van der Waals surface area contributed by atoms with Gasteiger partial charge in [0.1, 0.15) is 5.56 Å². The van der Waals surface area contributed by atoms with E-state index in [0.29, 0.717) is 17.8 Å². The highest BCUT2D eigenvalue weighted by atomic mass is 16.1. The second-order valence-corrected chi connectivity index (χ2v) is 4.75. The molecular formula is C14H16N6O. The van der Waals surface area contributed by atoms with Gasteiger partial charge in [0.25, 0.3) is 5.91 Å². The molecule has 3 aromatic heterocycles. The monoisotopic (exact) mass is 284 g/mol. The smallest absolute Gasteiger partial charge is 0.256 e. The first kappa shape index (κ1) is 13.3. The Morgan fingerprint density at radius 1 is 1.33 bits per heavy atom. The maximum absolute atomic E-state index is 12.1. The number of nitrogens with zero attached hydrogens (tertiary/aromatic N) is 5. The molecule has 0 atom stereocenters. The minimum Gasteiger partial charge on any atom is -0.352 e. The van der Waals surface area contributed by atoms with Crippen molar-refractivity contribution in [2.75, 3.05) is 6.54 Å². The molecule has 1 amide bonds. The van der Waals surface area contributed by atoms with Crippen LogP contribution in [0.2, 0.25) is 0 Å². The molecule has 7 heteroatoms. The predicted molar refractivity (Wildman–Crippen MR) is 76.9 cm³/mol. The van der Waals surface area contributed by atoms with Crippen LogP contribution < -0.4 is 5.32 Å². The fraction of sp³-hybridized carbons (Fsp3) is 0.286. The van der Waals surface area contributed by atoms with E-state index in [4.69, 9.17) is 0 Å². The highest BCUT2D eigenvalue weighted by Crippen LogP contribution is 2.06. The zero-order chi connectivity index (χ0) is 14.7. The number of carbonyl (C=O) groups excluding carboxylic acids is 1. The van der Waals surface area contributed by atoms with Crippen molar-refractivity contribution in [2.24, 2.45) is 0 Å². The number of hydrogen-bond acceptors (Lipinski definition) is 4. The minimum absolute atomic E-state index is 0.152. The van der Waals surface area contributed by atoms with E-state index < -0.39 is 0 Å². The summed E-state index contributed by atoms with van der Waals surface area (Å²) < 4.78 is 3.51. The van der Waals surface area contributed by atoms with Crippen molar-refractivity contribution < 1.29 is 4.79 Å². The molecule has 3 heterocycles. The molecule has 0 aliphatic carbocycles. The van der Waals surface area contributed by atoms with Gasteiger partial charge < -0.3 is 5.32 Å². The maximum Gasteiger partial charge on any atom is 0.256 e. The second-order valence-electron chi connectivity index (χ2n) is 4.75. The zero-order valence-electron chi connectivity index (χ0n) is 11.7. The second kappa shape index (κ2) is 5.74. The third-order valence-corrected chi connectivity index (χ3v) is 3.29. The van der Waals surface area contributed by atoms with Gasteiger partial charge in [0.15, 0.2) is 5.65 Å². The molecule has 0 saturated heterocycles. The number of nitrogens with one attached hydrogen (secondary N) is 1. The molecule has 0 aromatic carbocycles. The van der Waals surface area contributed by atoms with Gasteiger partial charge >= 0.3 is 0 Å². The van der Waals surface area contributed by atoms with Gasteiger partial charge in [-0.25, -0.2) is 9.50 Å². The highest BCUT2D eigenvalue weighted by molar-refractivity contribution is 5.99. The summed E-state index contributed by atoms with van der Waals surface area (Å²) >= 11 is 0. The van der Waals surface area contributed by atoms with Crippen LogP contribution in [0.15, 0.2) is 36.9 Å². The Morgan fingerprint density at radius 3 is 3.05 bits per heavy atom. The molecule has 0 aliphatic heterocycles. The van der Waals surface area contributed by atoms with E-state index in [-0.39, 0.29) is 5.91 Å². The van der Waals surface area contributed by atoms with E-state index in [1.165, 1.54) is 6.20 Å². The number of aromatic nitrogens is 5. The SMILES string of the molecule is Cc1ccnn1CCCNC(=O)c1cnn2cccnc12. The molecule has 0 unspecified atom stereocenters. The summed E-state index contributed by atoms with van der Waals surface area (Å²) in [7, 11) is 0. The molecule has 0 radical (unpaired) electrons. The van der Waals surface area contributed by atoms with E-state index >= 15 is 0 Å². The molecule has 108 valence electrons. The summed E-state index contributed by atoms with van der Waals surface area (Å²) in [4.78, 5) is 16.3. The lowest BCUT2D eigenvalue weighted by molar-refractivity contribution is 0.0954. The topological polar surface area (TPSA) is 77.1 Å². The maximum atomic E-state index is 12.1. The summed E-state index contributed by atoms with van der Waals surface area (Å²) in [5, 5.41) is 11.2. The first-order valence-electron chi connectivity index (χ1n) is 6.80. The Kier molecular flexibility index (Phi) is 3.63. The van der Waals surface area contributed by atoms with Crippen LogP contribution in [0.4, 0.5) is 0 Å². The van der Waals surface area contributed by atoms with Crippen molar-refractivity contribution in [3.63, 3.8) is 0 Å². The van der Waals surface area contributed by atoms with Gasteiger partial charge in [-0.05, 0) is 25.5 Å². The lowest BCUT2D eigenvalue weighted by atomic mass is 10.3. The molecule has 0 aliphatic rings. The normalized spacial score (nSPS) is 10.9. The number of aryl methyl sites for hydroxylation is 2. The van der Waals surface area contributed by atoms with E-state index in [1.807, 2.05) is 17.7 Å². The molecular weight excluding hydrogens is 268 g/mol. The van der Waals surface area contributed by atoms with Crippen LogP contribution in [0.1, 0.15) is 22.5 Å². The lowest BCUT2D eigenvalue weighted by Crippen LogP contribution is -2.25. The first-order chi connectivity index (χ1) is 10.3. The van der Waals surface area contributed by atoms with Crippen LogP contribution in [-0.4, -0.2) is 36.8 Å². The third kappa shape index (κ3) is 2.76. The molecule has 3 aromatic rings. The zero-order valence-corrected chi connectivity index (χ0v) is 11.7. The summed E-state index contributed by atoms with van der Waals surface area (Å²) in [5.74, 6) is -0.152. The van der Waals surface area contributed by atoms with Crippen LogP contribution in [0, 0.1) is 6.92 Å².